The molecule has 0 saturated heterocycles. The van der Waals surface area contributed by atoms with Crippen LogP contribution in [0.15, 0.2) is 35.0 Å². The first-order valence-corrected chi connectivity index (χ1v) is 7.58. The molecule has 1 aromatic carbocycles. The average Bonchev–Trinajstić information content (AvgIpc) is 2.77. The van der Waals surface area contributed by atoms with Crippen molar-refractivity contribution in [1.82, 2.24) is 5.32 Å². The Morgan fingerprint density at radius 3 is 2.53 bits per heavy atom. The van der Waals surface area contributed by atoms with Crippen LogP contribution in [0.3, 0.4) is 0 Å². The number of nitrogens with one attached hydrogen (secondary N) is 1. The van der Waals surface area contributed by atoms with Crippen molar-refractivity contribution in [3.05, 3.63) is 51.7 Å². The molecule has 0 bridgehead atoms. The van der Waals surface area contributed by atoms with E-state index >= 15 is 0 Å². The van der Waals surface area contributed by atoms with Gasteiger partial charge in [-0.1, -0.05) is 18.2 Å². The van der Waals surface area contributed by atoms with E-state index < -0.39 is 0 Å². The summed E-state index contributed by atoms with van der Waals surface area (Å²) < 4.78 is 5.82. The molecule has 0 atom stereocenters. The van der Waals surface area contributed by atoms with Crippen molar-refractivity contribution in [2.75, 3.05) is 0 Å². The van der Waals surface area contributed by atoms with Crippen molar-refractivity contribution in [1.29, 1.82) is 0 Å². The van der Waals surface area contributed by atoms with Crippen molar-refractivity contribution in [2.24, 2.45) is 0 Å². The van der Waals surface area contributed by atoms with Crippen molar-refractivity contribution < 1.29 is 4.74 Å². The minimum Gasteiger partial charge on any atom is -0.491 e. The Labute approximate surface area is 119 Å². The summed E-state index contributed by atoms with van der Waals surface area (Å²) in [5, 5.41) is 7.88. The molecule has 0 aliphatic heterocycles. The number of thiophene rings is 1. The first-order valence-electron chi connectivity index (χ1n) is 6.63. The summed E-state index contributed by atoms with van der Waals surface area (Å²) in [5.74, 6) is 0.979. The number of hydrogen-bond acceptors (Lipinski definition) is 3. The number of aryl methyl sites for hydroxylation is 1. The fourth-order valence-electron chi connectivity index (χ4n) is 1.92. The van der Waals surface area contributed by atoms with Crippen molar-refractivity contribution in [3.63, 3.8) is 0 Å². The third kappa shape index (κ3) is 4.08. The minimum absolute atomic E-state index is 0.209. The molecule has 102 valence electrons. The van der Waals surface area contributed by atoms with Crippen LogP contribution in [-0.4, -0.2) is 6.10 Å². The van der Waals surface area contributed by atoms with E-state index in [0.29, 0.717) is 0 Å². The minimum atomic E-state index is 0.209. The lowest BCUT2D eigenvalue weighted by molar-refractivity contribution is 0.239. The summed E-state index contributed by atoms with van der Waals surface area (Å²) in [6, 6.07) is 8.22. The lowest BCUT2D eigenvalue weighted by atomic mass is 10.2. The summed E-state index contributed by atoms with van der Waals surface area (Å²) in [6.45, 7) is 8.00. The molecule has 1 N–H and O–H groups in total. The van der Waals surface area contributed by atoms with E-state index in [1.807, 2.05) is 12.1 Å². The van der Waals surface area contributed by atoms with Crippen LogP contribution in [0.4, 0.5) is 0 Å². The molecule has 0 aliphatic carbocycles. The van der Waals surface area contributed by atoms with E-state index in [9.17, 15) is 0 Å². The summed E-state index contributed by atoms with van der Waals surface area (Å²) in [6.07, 6.45) is 0.209. The number of ether oxygens (including phenoxy) is 1. The number of hydrogen-bond donors (Lipinski definition) is 1. The first-order chi connectivity index (χ1) is 9.16. The fourth-order valence-corrected chi connectivity index (χ4v) is 2.78. The van der Waals surface area contributed by atoms with Gasteiger partial charge in [-0.2, -0.15) is 11.3 Å². The van der Waals surface area contributed by atoms with E-state index in [4.69, 9.17) is 4.74 Å². The Balaban J connectivity index is 1.94. The van der Waals surface area contributed by atoms with E-state index in [0.717, 1.165) is 18.8 Å². The fraction of sp³-hybridized carbons (Fsp3) is 0.375. The van der Waals surface area contributed by atoms with Crippen LogP contribution < -0.4 is 10.1 Å². The maximum atomic E-state index is 5.82. The number of para-hydroxylation sites is 1. The molecule has 0 saturated carbocycles. The highest BCUT2D eigenvalue weighted by molar-refractivity contribution is 7.08. The second-order valence-electron chi connectivity index (χ2n) is 4.96. The van der Waals surface area contributed by atoms with Gasteiger partial charge >= 0.3 is 0 Å². The quantitative estimate of drug-likeness (QED) is 0.855. The standard InChI is InChI=1S/C16H21NOS/c1-12(2)18-16-7-5-4-6-14(16)8-17-9-15-11-19-10-13(15)3/h4-7,10-12,17H,8-9H2,1-3H3. The maximum absolute atomic E-state index is 5.82. The van der Waals surface area contributed by atoms with E-state index in [2.05, 4.69) is 49.0 Å². The molecule has 0 spiro atoms. The molecule has 19 heavy (non-hydrogen) atoms. The highest BCUT2D eigenvalue weighted by Crippen LogP contribution is 2.19. The van der Waals surface area contributed by atoms with Crippen LogP contribution in [0.25, 0.3) is 0 Å². The smallest absolute Gasteiger partial charge is 0.124 e. The molecule has 0 radical (unpaired) electrons. The molecule has 0 aliphatic rings. The topological polar surface area (TPSA) is 21.3 Å². The first kappa shape index (κ1) is 14.1. The van der Waals surface area contributed by atoms with E-state index in [-0.39, 0.29) is 6.10 Å². The Kier molecular flexibility index (Phi) is 5.00. The summed E-state index contributed by atoms with van der Waals surface area (Å²) in [4.78, 5) is 0. The lowest BCUT2D eigenvalue weighted by Gasteiger charge is -2.14. The van der Waals surface area contributed by atoms with Gasteiger partial charge in [-0.05, 0) is 48.7 Å². The largest absolute Gasteiger partial charge is 0.491 e. The predicted molar refractivity (Wildman–Crippen MR) is 81.8 cm³/mol. The van der Waals surface area contributed by atoms with E-state index in [1.165, 1.54) is 16.7 Å². The van der Waals surface area contributed by atoms with Crippen LogP contribution in [-0.2, 0) is 13.1 Å². The van der Waals surface area contributed by atoms with Crippen molar-refractivity contribution in [2.45, 2.75) is 40.0 Å². The summed E-state index contributed by atoms with van der Waals surface area (Å²) in [7, 11) is 0. The van der Waals surface area contributed by atoms with Gasteiger partial charge in [0.15, 0.2) is 0 Å². The molecule has 1 heterocycles. The highest BCUT2D eigenvalue weighted by Gasteiger charge is 2.05. The number of rotatable bonds is 6. The Morgan fingerprint density at radius 2 is 1.84 bits per heavy atom. The predicted octanol–water partition coefficient (Wildman–Crippen LogP) is 4.13. The van der Waals surface area contributed by atoms with Crippen LogP contribution >= 0.6 is 11.3 Å². The molecule has 3 heteroatoms. The molecule has 2 aromatic rings. The Morgan fingerprint density at radius 1 is 1.11 bits per heavy atom. The second-order valence-corrected chi connectivity index (χ2v) is 5.70. The summed E-state index contributed by atoms with van der Waals surface area (Å²) >= 11 is 1.76. The second kappa shape index (κ2) is 6.73. The lowest BCUT2D eigenvalue weighted by Crippen LogP contribution is -2.15. The van der Waals surface area contributed by atoms with Gasteiger partial charge in [0.2, 0.25) is 0 Å². The zero-order chi connectivity index (χ0) is 13.7. The molecule has 0 fully saturated rings. The molecule has 1 aromatic heterocycles. The molecule has 0 amide bonds. The van der Waals surface area contributed by atoms with E-state index in [1.54, 1.807) is 11.3 Å². The third-order valence-corrected chi connectivity index (χ3v) is 3.84. The molecule has 0 unspecified atom stereocenters. The zero-order valence-electron chi connectivity index (χ0n) is 11.8. The Hall–Kier alpha value is -1.32. The van der Waals surface area contributed by atoms with Crippen LogP contribution in [0.2, 0.25) is 0 Å². The highest BCUT2D eigenvalue weighted by atomic mass is 32.1. The van der Waals surface area contributed by atoms with Gasteiger partial charge in [-0.25, -0.2) is 0 Å². The molecular weight excluding hydrogens is 254 g/mol. The molecule has 2 nitrogen and oxygen atoms in total. The molecular formula is C16H21NOS. The van der Waals surface area contributed by atoms with Gasteiger partial charge in [-0.15, -0.1) is 0 Å². The monoisotopic (exact) mass is 275 g/mol. The van der Waals surface area contributed by atoms with Crippen LogP contribution in [0.1, 0.15) is 30.5 Å². The van der Waals surface area contributed by atoms with Gasteiger partial charge in [0.1, 0.15) is 5.75 Å². The van der Waals surface area contributed by atoms with Gasteiger partial charge in [0.25, 0.3) is 0 Å². The van der Waals surface area contributed by atoms with Gasteiger partial charge in [0.05, 0.1) is 6.10 Å². The van der Waals surface area contributed by atoms with Gasteiger partial charge in [-0.3, -0.25) is 0 Å². The van der Waals surface area contributed by atoms with Gasteiger partial charge in [0, 0.05) is 18.7 Å². The zero-order valence-corrected chi connectivity index (χ0v) is 12.6. The van der Waals surface area contributed by atoms with Crippen LogP contribution in [0, 0.1) is 6.92 Å². The van der Waals surface area contributed by atoms with Crippen molar-refractivity contribution in [3.8, 4) is 5.75 Å². The maximum Gasteiger partial charge on any atom is 0.124 e. The van der Waals surface area contributed by atoms with Crippen molar-refractivity contribution >= 4 is 11.3 Å². The van der Waals surface area contributed by atoms with Gasteiger partial charge < -0.3 is 10.1 Å². The number of benzene rings is 1. The summed E-state index contributed by atoms with van der Waals surface area (Å²) in [5.41, 5.74) is 3.96. The molecule has 2 rings (SSSR count). The Bertz CT molecular complexity index is 519. The SMILES string of the molecule is Cc1cscc1CNCc1ccccc1OC(C)C. The average molecular weight is 275 g/mol. The van der Waals surface area contributed by atoms with Crippen LogP contribution in [0.5, 0.6) is 5.75 Å². The third-order valence-electron chi connectivity index (χ3n) is 2.93. The normalized spacial score (nSPS) is 10.9.